The first-order valence-corrected chi connectivity index (χ1v) is 7.65. The summed E-state index contributed by atoms with van der Waals surface area (Å²) in [7, 11) is 1.61. The molecule has 0 aromatic carbocycles. The maximum absolute atomic E-state index is 10.3. The molecule has 0 spiro atoms. The second-order valence-corrected chi connectivity index (χ2v) is 6.03. The number of nitrogens with zero attached hydrogens (tertiary/aromatic N) is 3. The first-order valence-electron chi connectivity index (χ1n) is 7.27. The van der Waals surface area contributed by atoms with Crippen molar-refractivity contribution in [2.24, 2.45) is 5.92 Å². The smallest absolute Gasteiger partial charge is 0.169 e. The summed E-state index contributed by atoms with van der Waals surface area (Å²) in [5.41, 5.74) is 0. The Morgan fingerprint density at radius 1 is 1.50 bits per heavy atom. The zero-order valence-electron chi connectivity index (χ0n) is 12.3. The summed E-state index contributed by atoms with van der Waals surface area (Å²) in [5.74, 6) is 1.69. The van der Waals surface area contributed by atoms with Crippen molar-refractivity contribution < 1.29 is 9.84 Å². The first kappa shape index (κ1) is 15.1. The van der Waals surface area contributed by atoms with E-state index in [9.17, 15) is 5.11 Å². The van der Waals surface area contributed by atoms with Gasteiger partial charge in [0.05, 0.1) is 30.5 Å². The van der Waals surface area contributed by atoms with Crippen molar-refractivity contribution in [3.8, 4) is 5.75 Å². The van der Waals surface area contributed by atoms with Crippen LogP contribution in [0.25, 0.3) is 0 Å². The lowest BCUT2D eigenvalue weighted by molar-refractivity contribution is 0.165. The van der Waals surface area contributed by atoms with Crippen LogP contribution >= 0.6 is 11.6 Å². The van der Waals surface area contributed by atoms with Crippen LogP contribution in [0, 0.1) is 5.92 Å². The average molecular weight is 323 g/mol. The summed E-state index contributed by atoms with van der Waals surface area (Å²) in [6.07, 6.45) is 6.29. The molecule has 0 radical (unpaired) electrons. The standard InChI is InChI=1S/C15H19ClN4O2/c1-22-14-3-2-4-17-15(14)19-12-5-10(6-13(12)21)8-20-9-11(16)7-18-20/h2-4,7,9-10,12-13,21H,5-6,8H2,1H3,(H,17,19)/t10?,12-,13-/m1/s1. The number of ether oxygens (including phenoxy) is 1. The Balaban J connectivity index is 1.63. The van der Waals surface area contributed by atoms with Crippen LogP contribution in [0.5, 0.6) is 5.75 Å². The third kappa shape index (κ3) is 3.34. The predicted octanol–water partition coefficient (Wildman–Crippen LogP) is 2.19. The molecule has 0 bridgehead atoms. The summed E-state index contributed by atoms with van der Waals surface area (Å²) < 4.78 is 7.10. The average Bonchev–Trinajstić information content (AvgIpc) is 3.06. The van der Waals surface area contributed by atoms with Crippen molar-refractivity contribution in [1.82, 2.24) is 14.8 Å². The molecule has 1 aliphatic rings. The van der Waals surface area contributed by atoms with E-state index in [2.05, 4.69) is 15.4 Å². The van der Waals surface area contributed by atoms with E-state index in [0.29, 0.717) is 22.5 Å². The molecule has 2 heterocycles. The van der Waals surface area contributed by atoms with E-state index in [0.717, 1.165) is 19.4 Å². The number of rotatable bonds is 5. The number of aromatic nitrogens is 3. The lowest BCUT2D eigenvalue weighted by Crippen LogP contribution is -2.28. The molecule has 0 amide bonds. The minimum Gasteiger partial charge on any atom is -0.493 e. The largest absolute Gasteiger partial charge is 0.493 e. The maximum Gasteiger partial charge on any atom is 0.169 e. The lowest BCUT2D eigenvalue weighted by Gasteiger charge is -2.18. The molecule has 2 aromatic heterocycles. The molecule has 2 N–H and O–H groups in total. The molecular formula is C15H19ClN4O2. The molecule has 0 aliphatic heterocycles. The first-order chi connectivity index (χ1) is 10.7. The van der Waals surface area contributed by atoms with E-state index in [-0.39, 0.29) is 6.04 Å². The molecule has 6 nitrogen and oxygen atoms in total. The van der Waals surface area contributed by atoms with Crippen LogP contribution in [-0.4, -0.2) is 39.1 Å². The van der Waals surface area contributed by atoms with Crippen LogP contribution in [0.15, 0.2) is 30.7 Å². The number of aliphatic hydroxyl groups excluding tert-OH is 1. The lowest BCUT2D eigenvalue weighted by atomic mass is 10.1. The molecule has 2 aromatic rings. The highest BCUT2D eigenvalue weighted by Crippen LogP contribution is 2.31. The fourth-order valence-corrected chi connectivity index (χ4v) is 3.12. The van der Waals surface area contributed by atoms with Crippen LogP contribution < -0.4 is 10.1 Å². The van der Waals surface area contributed by atoms with E-state index < -0.39 is 6.10 Å². The number of methoxy groups -OCH3 is 1. The highest BCUT2D eigenvalue weighted by atomic mass is 35.5. The van der Waals surface area contributed by atoms with Crippen molar-refractivity contribution in [3.05, 3.63) is 35.7 Å². The number of anilines is 1. The number of halogens is 1. The predicted molar refractivity (Wildman–Crippen MR) is 84.2 cm³/mol. The van der Waals surface area contributed by atoms with Crippen LogP contribution in [0.4, 0.5) is 5.82 Å². The molecule has 22 heavy (non-hydrogen) atoms. The third-order valence-electron chi connectivity index (χ3n) is 3.99. The Morgan fingerprint density at radius 2 is 2.36 bits per heavy atom. The molecule has 1 saturated carbocycles. The molecule has 1 aliphatic carbocycles. The Morgan fingerprint density at radius 3 is 3.09 bits per heavy atom. The zero-order chi connectivity index (χ0) is 15.5. The van der Waals surface area contributed by atoms with Gasteiger partial charge in [-0.1, -0.05) is 11.6 Å². The van der Waals surface area contributed by atoms with E-state index >= 15 is 0 Å². The number of hydrogen-bond acceptors (Lipinski definition) is 5. The molecule has 3 rings (SSSR count). The number of hydrogen-bond donors (Lipinski definition) is 2. The molecule has 118 valence electrons. The van der Waals surface area contributed by atoms with Crippen molar-refractivity contribution in [2.75, 3.05) is 12.4 Å². The Kier molecular flexibility index (Phi) is 4.49. The van der Waals surface area contributed by atoms with Gasteiger partial charge in [0.25, 0.3) is 0 Å². The van der Waals surface area contributed by atoms with Crippen LogP contribution in [0.3, 0.4) is 0 Å². The van der Waals surface area contributed by atoms with E-state index in [1.807, 2.05) is 16.8 Å². The SMILES string of the molecule is COc1cccnc1N[C@@H]1CC(Cn2cc(Cl)cn2)C[C@H]1O. The van der Waals surface area contributed by atoms with Crippen molar-refractivity contribution in [1.29, 1.82) is 0 Å². The van der Waals surface area contributed by atoms with Gasteiger partial charge in [-0.3, -0.25) is 4.68 Å². The van der Waals surface area contributed by atoms with Gasteiger partial charge in [0.15, 0.2) is 11.6 Å². The van der Waals surface area contributed by atoms with Gasteiger partial charge in [-0.2, -0.15) is 5.10 Å². The maximum atomic E-state index is 10.3. The quantitative estimate of drug-likeness (QED) is 0.883. The topological polar surface area (TPSA) is 72.2 Å². The molecule has 1 unspecified atom stereocenters. The van der Waals surface area contributed by atoms with E-state index in [1.54, 1.807) is 25.7 Å². The summed E-state index contributed by atoms with van der Waals surface area (Å²) in [6.45, 7) is 0.751. The second kappa shape index (κ2) is 6.54. The number of aliphatic hydroxyl groups is 1. The summed E-state index contributed by atoms with van der Waals surface area (Å²) in [5, 5.41) is 18.4. The third-order valence-corrected chi connectivity index (χ3v) is 4.18. The monoisotopic (exact) mass is 322 g/mol. The van der Waals surface area contributed by atoms with Gasteiger partial charge in [0, 0.05) is 18.9 Å². The highest BCUT2D eigenvalue weighted by molar-refractivity contribution is 6.30. The van der Waals surface area contributed by atoms with Crippen molar-refractivity contribution in [2.45, 2.75) is 31.5 Å². The van der Waals surface area contributed by atoms with Crippen molar-refractivity contribution in [3.63, 3.8) is 0 Å². The van der Waals surface area contributed by atoms with Crippen LogP contribution in [0.1, 0.15) is 12.8 Å². The summed E-state index contributed by atoms with van der Waals surface area (Å²) >= 11 is 5.88. The molecule has 3 atom stereocenters. The van der Waals surface area contributed by atoms with Crippen molar-refractivity contribution >= 4 is 17.4 Å². The van der Waals surface area contributed by atoms with Gasteiger partial charge >= 0.3 is 0 Å². The molecule has 1 fully saturated rings. The Hall–Kier alpha value is -1.79. The fraction of sp³-hybridized carbons (Fsp3) is 0.467. The van der Waals surface area contributed by atoms with Gasteiger partial charge in [0.1, 0.15) is 0 Å². The van der Waals surface area contributed by atoms with Gasteiger partial charge in [-0.05, 0) is 30.9 Å². The molecule has 0 saturated heterocycles. The zero-order valence-corrected chi connectivity index (χ0v) is 13.1. The van der Waals surface area contributed by atoms with E-state index in [4.69, 9.17) is 16.3 Å². The van der Waals surface area contributed by atoms with E-state index in [1.165, 1.54) is 0 Å². The summed E-state index contributed by atoms with van der Waals surface area (Å²) in [6, 6.07) is 3.62. The van der Waals surface area contributed by atoms with Crippen LogP contribution in [-0.2, 0) is 6.54 Å². The number of nitrogens with one attached hydrogen (secondary N) is 1. The van der Waals surface area contributed by atoms with Gasteiger partial charge in [-0.25, -0.2) is 4.98 Å². The number of pyridine rings is 1. The normalized spacial score (nSPS) is 24.4. The minimum atomic E-state index is -0.414. The van der Waals surface area contributed by atoms with Gasteiger partial charge in [0.2, 0.25) is 0 Å². The Bertz CT molecular complexity index is 634. The summed E-state index contributed by atoms with van der Waals surface area (Å²) in [4.78, 5) is 4.28. The minimum absolute atomic E-state index is 0.0418. The molecule has 7 heteroatoms. The van der Waals surface area contributed by atoms with Gasteiger partial charge < -0.3 is 15.2 Å². The fourth-order valence-electron chi connectivity index (χ4n) is 2.96. The highest BCUT2D eigenvalue weighted by Gasteiger charge is 2.33. The van der Waals surface area contributed by atoms with Crippen LogP contribution in [0.2, 0.25) is 5.02 Å². The molecular weight excluding hydrogens is 304 g/mol. The second-order valence-electron chi connectivity index (χ2n) is 5.59. The Labute approximate surface area is 134 Å². The van der Waals surface area contributed by atoms with Gasteiger partial charge in [-0.15, -0.1) is 0 Å².